The third-order valence-electron chi connectivity index (χ3n) is 9.31. The summed E-state index contributed by atoms with van der Waals surface area (Å²) in [5.41, 5.74) is 3.09. The van der Waals surface area contributed by atoms with Gasteiger partial charge in [-0.3, -0.25) is 19.7 Å². The van der Waals surface area contributed by atoms with Crippen LogP contribution in [0.2, 0.25) is 0 Å². The van der Waals surface area contributed by atoms with Crippen molar-refractivity contribution in [3.63, 3.8) is 0 Å². The lowest BCUT2D eigenvalue weighted by molar-refractivity contribution is -0.173. The predicted octanol–water partition coefficient (Wildman–Crippen LogP) is 5.87. The Labute approximate surface area is 342 Å². The van der Waals surface area contributed by atoms with Crippen molar-refractivity contribution in [2.75, 3.05) is 11.1 Å². The van der Waals surface area contributed by atoms with Crippen molar-refractivity contribution >= 4 is 63.6 Å². The number of anilines is 1. The molecule has 15 heteroatoms. The second kappa shape index (κ2) is 18.8. The smallest absolute Gasteiger partial charge is 0.413 e. The number of benzene rings is 4. The summed E-state index contributed by atoms with van der Waals surface area (Å²) in [6.45, 7) is 0.0640. The van der Waals surface area contributed by atoms with Crippen LogP contribution in [0.25, 0.3) is 5.57 Å². The number of rotatable bonds is 14. The first-order chi connectivity index (χ1) is 28.2. The minimum absolute atomic E-state index is 0.0309. The van der Waals surface area contributed by atoms with E-state index in [0.717, 1.165) is 22.5 Å². The average Bonchev–Trinajstić information content (AvgIpc) is 3.72. The molecule has 3 amide bonds. The number of thioether (sulfide) groups is 1. The highest BCUT2D eigenvalue weighted by Crippen LogP contribution is 2.40. The summed E-state index contributed by atoms with van der Waals surface area (Å²) >= 11 is 2.25. The highest BCUT2D eigenvalue weighted by Gasteiger charge is 2.58. The topological polar surface area (TPSA) is 173 Å². The van der Waals surface area contributed by atoms with Gasteiger partial charge in [0.25, 0.3) is 5.91 Å². The van der Waals surface area contributed by atoms with E-state index in [2.05, 4.69) is 15.6 Å². The number of thiazole rings is 1. The molecule has 3 heterocycles. The Hall–Kier alpha value is -6.29. The lowest BCUT2D eigenvalue weighted by atomic mass is 9.98. The van der Waals surface area contributed by atoms with Gasteiger partial charge in [-0.15, -0.1) is 23.1 Å². The number of hydrogen-bond acceptors (Lipinski definition) is 12. The molecule has 296 valence electrons. The van der Waals surface area contributed by atoms with Crippen molar-refractivity contribution in [1.29, 1.82) is 0 Å². The third kappa shape index (κ3) is 9.62. The second-order valence-corrected chi connectivity index (χ2v) is 15.3. The number of fused-ring (bicyclic) bond motifs is 1. The third-order valence-corrected chi connectivity index (χ3v) is 11.4. The van der Waals surface area contributed by atoms with Crippen molar-refractivity contribution in [2.45, 2.75) is 49.3 Å². The van der Waals surface area contributed by atoms with Gasteiger partial charge >= 0.3 is 18.0 Å². The monoisotopic (exact) mass is 818 g/mol. The van der Waals surface area contributed by atoms with E-state index < -0.39 is 59.5 Å². The number of aromatic nitrogens is 1. The van der Waals surface area contributed by atoms with Crippen LogP contribution in [-0.2, 0) is 46.6 Å². The molecule has 7 rings (SSSR count). The maximum atomic E-state index is 14.0. The summed E-state index contributed by atoms with van der Waals surface area (Å²) in [6, 6.07) is 34.2. The normalized spacial score (nSPS) is 18.7. The molecule has 2 saturated heterocycles. The molecule has 2 aliphatic rings. The van der Waals surface area contributed by atoms with E-state index in [1.807, 2.05) is 121 Å². The molecule has 4 aromatic carbocycles. The summed E-state index contributed by atoms with van der Waals surface area (Å²) in [4.78, 5) is 72.6. The Balaban J connectivity index is 1.05. The number of aliphatic hydroxyl groups is 1. The fourth-order valence-corrected chi connectivity index (χ4v) is 8.47. The summed E-state index contributed by atoms with van der Waals surface area (Å²) in [5.74, 6) is -2.62. The fraction of sp³-hybridized carbons (Fsp3) is 0.209. The molecule has 4 atom stereocenters. The van der Waals surface area contributed by atoms with Crippen molar-refractivity contribution in [1.82, 2.24) is 15.2 Å². The highest BCUT2D eigenvalue weighted by molar-refractivity contribution is 8.00. The first kappa shape index (κ1) is 39.9. The minimum atomic E-state index is -1.31. The summed E-state index contributed by atoms with van der Waals surface area (Å²) in [7, 11) is 0. The van der Waals surface area contributed by atoms with Gasteiger partial charge in [-0.25, -0.2) is 14.6 Å². The van der Waals surface area contributed by atoms with Crippen LogP contribution in [0.15, 0.2) is 133 Å². The van der Waals surface area contributed by atoms with Gasteiger partial charge in [-0.2, -0.15) is 0 Å². The first-order valence-corrected chi connectivity index (χ1v) is 20.2. The second-order valence-electron chi connectivity index (χ2n) is 13.3. The van der Waals surface area contributed by atoms with Crippen LogP contribution in [0.1, 0.15) is 40.5 Å². The summed E-state index contributed by atoms with van der Waals surface area (Å²) in [5, 5.41) is 17.3. The molecular formula is C43H38N4O9S2. The van der Waals surface area contributed by atoms with E-state index in [0.29, 0.717) is 11.1 Å². The van der Waals surface area contributed by atoms with Crippen molar-refractivity contribution < 1.29 is 43.3 Å². The Kier molecular flexibility index (Phi) is 12.9. The van der Waals surface area contributed by atoms with E-state index in [4.69, 9.17) is 14.2 Å². The van der Waals surface area contributed by atoms with Gasteiger partial charge in [-0.05, 0) is 22.3 Å². The van der Waals surface area contributed by atoms with E-state index in [1.54, 1.807) is 0 Å². The van der Waals surface area contributed by atoms with Crippen molar-refractivity contribution in [2.24, 2.45) is 0 Å². The number of amides is 3. The predicted molar refractivity (Wildman–Crippen MR) is 217 cm³/mol. The van der Waals surface area contributed by atoms with Crippen LogP contribution >= 0.6 is 23.1 Å². The van der Waals surface area contributed by atoms with Crippen LogP contribution in [-0.4, -0.2) is 74.2 Å². The average molecular weight is 819 g/mol. The summed E-state index contributed by atoms with van der Waals surface area (Å²) < 4.78 is 16.7. The highest BCUT2D eigenvalue weighted by atomic mass is 32.2. The number of esters is 2. The van der Waals surface area contributed by atoms with Crippen molar-refractivity contribution in [3.05, 3.63) is 161 Å². The van der Waals surface area contributed by atoms with E-state index in [1.165, 1.54) is 28.1 Å². The number of carbonyl (C=O) groups excluding carboxylic acids is 5. The van der Waals surface area contributed by atoms with Gasteiger partial charge in [0, 0.05) is 11.1 Å². The molecule has 58 heavy (non-hydrogen) atoms. The standard InChI is InChI=1S/C43H38N4O9S2/c48-33-26-57-40-35(39(51)47(40)36(33)41(52)56-37(29-17-9-3-10-18-29)30-19-11-4-12-20-30)45-38(50)31(21-22-34(49)54-23-27-13-5-1-6-14-27)32-25-58-42(44-32)46-43(53)55-24-28-15-7-2-8-16-28/h1-21,25,33,35-37,40,48H,22-24,26H2,(H,45,50)(H,44,46,53)/t33?,35-,36?,40-/m1/s1. The van der Waals surface area contributed by atoms with Gasteiger partial charge < -0.3 is 29.5 Å². The summed E-state index contributed by atoms with van der Waals surface area (Å²) in [6.07, 6.45) is -1.73. The first-order valence-electron chi connectivity index (χ1n) is 18.3. The zero-order valence-corrected chi connectivity index (χ0v) is 32.5. The molecule has 1 aromatic heterocycles. The molecule has 0 bridgehead atoms. The molecule has 5 aromatic rings. The lowest BCUT2D eigenvalue weighted by Crippen LogP contribution is -2.76. The Morgan fingerprint density at radius 2 is 1.40 bits per heavy atom. The van der Waals surface area contributed by atoms with E-state index in [-0.39, 0.29) is 41.8 Å². The fourth-order valence-electron chi connectivity index (χ4n) is 6.42. The van der Waals surface area contributed by atoms with Gasteiger partial charge in [0.1, 0.15) is 24.6 Å². The maximum absolute atomic E-state index is 14.0. The number of nitrogens with one attached hydrogen (secondary N) is 2. The molecule has 0 spiro atoms. The number of nitrogens with zero attached hydrogens (tertiary/aromatic N) is 2. The van der Waals surface area contributed by atoms with E-state index >= 15 is 0 Å². The zero-order chi connectivity index (χ0) is 40.4. The number of β-lactam (4-membered cyclic amide) rings is 1. The molecule has 2 unspecified atom stereocenters. The number of hydrogen-bond donors (Lipinski definition) is 3. The maximum Gasteiger partial charge on any atom is 0.413 e. The Bertz CT molecular complexity index is 2220. The number of carbonyl (C=O) groups is 5. The van der Waals surface area contributed by atoms with Crippen molar-refractivity contribution in [3.8, 4) is 0 Å². The molecule has 0 aliphatic carbocycles. The molecular weight excluding hydrogens is 781 g/mol. The van der Waals surface area contributed by atoms with Gasteiger partial charge in [-0.1, -0.05) is 127 Å². The molecule has 3 N–H and O–H groups in total. The molecule has 0 radical (unpaired) electrons. The van der Waals surface area contributed by atoms with E-state index in [9.17, 15) is 29.1 Å². The van der Waals surface area contributed by atoms with Crippen LogP contribution < -0.4 is 10.6 Å². The zero-order valence-electron chi connectivity index (χ0n) is 30.8. The largest absolute Gasteiger partial charge is 0.461 e. The SMILES string of the molecule is O=C(CC=C(C(=O)N[C@@H]1C(=O)N2C(C(=O)OC(c3ccccc3)c3ccccc3)C(O)CS[C@H]12)c1csc(NC(=O)OCc2ccccc2)n1)OCc1ccccc1. The van der Waals surface area contributed by atoms with Gasteiger partial charge in [0.15, 0.2) is 17.3 Å². The molecule has 2 aliphatic heterocycles. The van der Waals surface area contributed by atoms with Gasteiger partial charge in [0.2, 0.25) is 5.91 Å². The molecule has 13 nitrogen and oxygen atoms in total. The van der Waals surface area contributed by atoms with Gasteiger partial charge in [0.05, 0.1) is 23.8 Å². The number of ether oxygens (including phenoxy) is 3. The van der Waals surface area contributed by atoms with Crippen LogP contribution in [0.5, 0.6) is 0 Å². The Morgan fingerprint density at radius 1 is 0.828 bits per heavy atom. The molecule has 0 saturated carbocycles. The lowest BCUT2D eigenvalue weighted by Gasteiger charge is -2.53. The van der Waals surface area contributed by atoms with Crippen LogP contribution in [0.3, 0.4) is 0 Å². The quantitative estimate of drug-likeness (QED) is 0.0530. The minimum Gasteiger partial charge on any atom is -0.461 e. The van der Waals surface area contributed by atoms with Crippen LogP contribution in [0, 0.1) is 0 Å². The Morgan fingerprint density at radius 3 is 2.00 bits per heavy atom. The molecule has 2 fully saturated rings. The van der Waals surface area contributed by atoms with Crippen LogP contribution in [0.4, 0.5) is 9.93 Å². The number of aliphatic hydroxyl groups excluding tert-OH is 1.